The van der Waals surface area contributed by atoms with Crippen LogP contribution in [-0.4, -0.2) is 54.4 Å². The van der Waals surface area contributed by atoms with E-state index in [4.69, 9.17) is 0 Å². The fourth-order valence-corrected chi connectivity index (χ4v) is 1.82. The number of rotatable bonds is 3. The van der Waals surface area contributed by atoms with Gasteiger partial charge in [-0.15, -0.1) is 0 Å². The third-order valence-corrected chi connectivity index (χ3v) is 2.80. The van der Waals surface area contributed by atoms with Crippen LogP contribution in [0.4, 0.5) is 11.8 Å². The predicted molar refractivity (Wildman–Crippen MR) is 67.4 cm³/mol. The fraction of sp³-hybridized carbons (Fsp3) is 0.636. The van der Waals surface area contributed by atoms with E-state index in [9.17, 15) is 5.11 Å². The summed E-state index contributed by atoms with van der Waals surface area (Å²) in [6, 6.07) is 1.90. The first-order chi connectivity index (χ1) is 8.06. The van der Waals surface area contributed by atoms with Gasteiger partial charge in [0, 0.05) is 38.9 Å². The number of aliphatic hydroxyl groups excluding tert-OH is 1. The number of aromatic nitrogens is 2. The Morgan fingerprint density at radius 1 is 1.41 bits per heavy atom. The highest BCUT2D eigenvalue weighted by Crippen LogP contribution is 2.14. The molecule has 2 unspecified atom stereocenters. The Hall–Kier alpha value is -1.40. The lowest BCUT2D eigenvalue weighted by Gasteiger charge is -2.18. The zero-order chi connectivity index (χ0) is 12.4. The van der Waals surface area contributed by atoms with Crippen LogP contribution in [0.1, 0.15) is 5.69 Å². The van der Waals surface area contributed by atoms with Gasteiger partial charge in [0.2, 0.25) is 5.95 Å². The van der Waals surface area contributed by atoms with Crippen molar-refractivity contribution in [1.82, 2.24) is 15.3 Å². The Morgan fingerprint density at radius 2 is 2.18 bits per heavy atom. The SMILES string of the molecule is Cc1cc(N(C)C)nc(NC2CNCC2O)n1. The third kappa shape index (κ3) is 2.83. The van der Waals surface area contributed by atoms with Crippen LogP contribution >= 0.6 is 0 Å². The summed E-state index contributed by atoms with van der Waals surface area (Å²) >= 11 is 0. The highest BCUT2D eigenvalue weighted by atomic mass is 16.3. The number of aliphatic hydroxyl groups is 1. The Bertz CT molecular complexity index is 395. The van der Waals surface area contributed by atoms with E-state index in [-0.39, 0.29) is 12.1 Å². The lowest BCUT2D eigenvalue weighted by Crippen LogP contribution is -2.33. The summed E-state index contributed by atoms with van der Waals surface area (Å²) in [5.74, 6) is 1.43. The molecule has 0 radical (unpaired) electrons. The van der Waals surface area contributed by atoms with Gasteiger partial charge in [0.25, 0.3) is 0 Å². The molecular formula is C11H19N5O. The van der Waals surface area contributed by atoms with E-state index in [1.807, 2.05) is 32.0 Å². The molecule has 1 aliphatic rings. The summed E-state index contributed by atoms with van der Waals surface area (Å²) in [6.45, 7) is 3.28. The minimum absolute atomic E-state index is 0.0215. The van der Waals surface area contributed by atoms with Gasteiger partial charge in [0.05, 0.1) is 12.1 Å². The van der Waals surface area contributed by atoms with Crippen molar-refractivity contribution in [3.05, 3.63) is 11.8 Å². The number of nitrogens with one attached hydrogen (secondary N) is 2. The summed E-state index contributed by atoms with van der Waals surface area (Å²) in [5, 5.41) is 16.0. The molecule has 2 rings (SSSR count). The summed E-state index contributed by atoms with van der Waals surface area (Å²) in [4.78, 5) is 10.7. The smallest absolute Gasteiger partial charge is 0.225 e. The lowest BCUT2D eigenvalue weighted by atomic mass is 10.2. The molecule has 94 valence electrons. The Labute approximate surface area is 101 Å². The van der Waals surface area contributed by atoms with Gasteiger partial charge >= 0.3 is 0 Å². The van der Waals surface area contributed by atoms with Crippen molar-refractivity contribution < 1.29 is 5.11 Å². The normalized spacial score (nSPS) is 23.8. The average Bonchev–Trinajstić information content (AvgIpc) is 2.63. The van der Waals surface area contributed by atoms with E-state index < -0.39 is 0 Å². The molecule has 1 fully saturated rings. The molecule has 0 spiro atoms. The van der Waals surface area contributed by atoms with Gasteiger partial charge in [-0.1, -0.05) is 0 Å². The van der Waals surface area contributed by atoms with Gasteiger partial charge in [-0.05, 0) is 6.92 Å². The van der Waals surface area contributed by atoms with Crippen LogP contribution < -0.4 is 15.5 Å². The van der Waals surface area contributed by atoms with Crippen LogP contribution in [-0.2, 0) is 0 Å². The maximum Gasteiger partial charge on any atom is 0.225 e. The van der Waals surface area contributed by atoms with E-state index in [2.05, 4.69) is 20.6 Å². The molecule has 1 aromatic rings. The molecule has 3 N–H and O–H groups in total. The van der Waals surface area contributed by atoms with Crippen molar-refractivity contribution in [3.8, 4) is 0 Å². The van der Waals surface area contributed by atoms with E-state index in [0.717, 1.165) is 18.1 Å². The van der Waals surface area contributed by atoms with Crippen LogP contribution in [0.5, 0.6) is 0 Å². The van der Waals surface area contributed by atoms with Gasteiger partial charge in [0.15, 0.2) is 0 Å². The number of hydrogen-bond donors (Lipinski definition) is 3. The molecule has 17 heavy (non-hydrogen) atoms. The minimum atomic E-state index is -0.387. The van der Waals surface area contributed by atoms with Gasteiger partial charge in [0.1, 0.15) is 5.82 Å². The molecule has 1 saturated heterocycles. The van der Waals surface area contributed by atoms with Crippen molar-refractivity contribution in [2.24, 2.45) is 0 Å². The lowest BCUT2D eigenvalue weighted by molar-refractivity contribution is 0.185. The third-order valence-electron chi connectivity index (χ3n) is 2.80. The van der Waals surface area contributed by atoms with Crippen molar-refractivity contribution in [2.75, 3.05) is 37.4 Å². The van der Waals surface area contributed by atoms with E-state index in [1.165, 1.54) is 0 Å². The molecule has 6 nitrogen and oxygen atoms in total. The van der Waals surface area contributed by atoms with Gasteiger partial charge in [-0.2, -0.15) is 4.98 Å². The number of hydrogen-bond acceptors (Lipinski definition) is 6. The summed E-state index contributed by atoms with van der Waals surface area (Å²) < 4.78 is 0. The summed E-state index contributed by atoms with van der Waals surface area (Å²) in [5.41, 5.74) is 0.909. The van der Waals surface area contributed by atoms with Crippen LogP contribution in [0.15, 0.2) is 6.07 Å². The molecule has 2 atom stereocenters. The summed E-state index contributed by atoms with van der Waals surface area (Å²) in [6.07, 6.45) is -0.387. The molecule has 0 aliphatic carbocycles. The van der Waals surface area contributed by atoms with E-state index in [0.29, 0.717) is 12.5 Å². The monoisotopic (exact) mass is 237 g/mol. The second kappa shape index (κ2) is 4.85. The number of β-amino-alcohol motifs (C(OH)–C–C–N with tert-alkyl or cyclic N) is 1. The van der Waals surface area contributed by atoms with Crippen LogP contribution in [0.25, 0.3) is 0 Å². The Morgan fingerprint density at radius 3 is 2.76 bits per heavy atom. The second-order valence-corrected chi connectivity index (χ2v) is 4.56. The van der Waals surface area contributed by atoms with Crippen LogP contribution in [0, 0.1) is 6.92 Å². The van der Waals surface area contributed by atoms with E-state index >= 15 is 0 Å². The highest BCUT2D eigenvalue weighted by molar-refractivity contribution is 5.44. The van der Waals surface area contributed by atoms with Gasteiger partial charge < -0.3 is 20.6 Å². The zero-order valence-corrected chi connectivity index (χ0v) is 10.4. The number of anilines is 2. The van der Waals surface area contributed by atoms with Gasteiger partial charge in [-0.25, -0.2) is 4.98 Å². The predicted octanol–water partition coefficient (Wildman–Crippen LogP) is -0.404. The minimum Gasteiger partial charge on any atom is -0.390 e. The molecule has 0 bridgehead atoms. The quantitative estimate of drug-likeness (QED) is 0.664. The molecule has 1 aliphatic heterocycles. The molecule has 0 saturated carbocycles. The van der Waals surface area contributed by atoms with Crippen molar-refractivity contribution in [2.45, 2.75) is 19.1 Å². The highest BCUT2D eigenvalue weighted by Gasteiger charge is 2.25. The first kappa shape index (κ1) is 12.1. The van der Waals surface area contributed by atoms with Crippen molar-refractivity contribution in [1.29, 1.82) is 0 Å². The molecule has 6 heteroatoms. The molecule has 0 aromatic carbocycles. The standard InChI is InChI=1S/C11H19N5O/c1-7-4-10(16(2)3)15-11(13-7)14-8-5-12-6-9(8)17/h4,8-9,12,17H,5-6H2,1-3H3,(H,13,14,15). The van der Waals surface area contributed by atoms with Crippen LogP contribution in [0.2, 0.25) is 0 Å². The first-order valence-corrected chi connectivity index (χ1v) is 5.74. The largest absolute Gasteiger partial charge is 0.390 e. The number of nitrogens with zero attached hydrogens (tertiary/aromatic N) is 3. The van der Waals surface area contributed by atoms with Crippen molar-refractivity contribution >= 4 is 11.8 Å². The summed E-state index contributed by atoms with van der Waals surface area (Å²) in [7, 11) is 3.88. The number of aryl methyl sites for hydroxylation is 1. The fourth-order valence-electron chi connectivity index (χ4n) is 1.82. The Balaban J connectivity index is 2.15. The van der Waals surface area contributed by atoms with E-state index in [1.54, 1.807) is 0 Å². The molecule has 2 heterocycles. The molecule has 1 aromatic heterocycles. The Kier molecular flexibility index (Phi) is 3.44. The average molecular weight is 237 g/mol. The van der Waals surface area contributed by atoms with Crippen LogP contribution in [0.3, 0.4) is 0 Å². The van der Waals surface area contributed by atoms with Gasteiger partial charge in [-0.3, -0.25) is 0 Å². The topological polar surface area (TPSA) is 73.3 Å². The first-order valence-electron chi connectivity index (χ1n) is 5.74. The maximum absolute atomic E-state index is 9.71. The maximum atomic E-state index is 9.71. The second-order valence-electron chi connectivity index (χ2n) is 4.56. The molecular weight excluding hydrogens is 218 g/mol. The molecule has 0 amide bonds. The van der Waals surface area contributed by atoms with Crippen molar-refractivity contribution in [3.63, 3.8) is 0 Å². The zero-order valence-electron chi connectivity index (χ0n) is 10.4.